The molecular weight excluding hydrogens is 371 g/mol. The first-order valence-corrected chi connectivity index (χ1v) is 8.66. The largest absolute Gasteiger partial charge is 0.489 e. The second-order valence-corrected chi connectivity index (χ2v) is 6.63. The molecular formula is C20H18F3N3O2. The van der Waals surface area contributed by atoms with Crippen LogP contribution in [0.15, 0.2) is 64.9 Å². The Labute approximate surface area is 159 Å². The summed E-state index contributed by atoms with van der Waals surface area (Å²) < 4.78 is 54.2. The number of aryl methyl sites for hydroxylation is 2. The zero-order valence-electron chi connectivity index (χ0n) is 15.3. The van der Waals surface area contributed by atoms with Crippen LogP contribution in [0.5, 0.6) is 5.75 Å². The van der Waals surface area contributed by atoms with Gasteiger partial charge in [0.25, 0.3) is 0 Å². The van der Waals surface area contributed by atoms with Gasteiger partial charge in [-0.15, -0.1) is 0 Å². The lowest BCUT2D eigenvalue weighted by Crippen LogP contribution is -2.47. The number of benzene rings is 1. The van der Waals surface area contributed by atoms with Crippen LogP contribution in [-0.4, -0.2) is 28.6 Å². The van der Waals surface area contributed by atoms with Gasteiger partial charge < -0.3 is 14.1 Å². The maximum Gasteiger partial charge on any atom is 0.413 e. The van der Waals surface area contributed by atoms with Crippen molar-refractivity contribution in [2.75, 3.05) is 11.5 Å². The first kappa shape index (κ1) is 18.2. The quantitative estimate of drug-likeness (QED) is 0.646. The number of furan rings is 1. The van der Waals surface area contributed by atoms with E-state index in [2.05, 4.69) is 5.10 Å². The predicted octanol–water partition coefficient (Wildman–Crippen LogP) is 4.74. The van der Waals surface area contributed by atoms with Crippen LogP contribution in [0.3, 0.4) is 0 Å². The number of nitrogens with zero attached hydrogens (tertiary/aromatic N) is 3. The van der Waals surface area contributed by atoms with E-state index in [1.807, 2.05) is 13.0 Å². The Hall–Kier alpha value is -3.16. The minimum atomic E-state index is -4.48. The first-order chi connectivity index (χ1) is 13.3. The predicted molar refractivity (Wildman–Crippen MR) is 99.2 cm³/mol. The van der Waals surface area contributed by atoms with Crippen LogP contribution in [0.4, 0.5) is 19.0 Å². The Morgan fingerprint density at radius 2 is 2.04 bits per heavy atom. The third-order valence-corrected chi connectivity index (χ3v) is 4.48. The van der Waals surface area contributed by atoms with E-state index in [1.54, 1.807) is 43.6 Å². The molecule has 1 atom stereocenters. The normalized spacial score (nSPS) is 17.2. The van der Waals surface area contributed by atoms with Crippen molar-refractivity contribution in [3.63, 3.8) is 0 Å². The minimum Gasteiger partial charge on any atom is -0.489 e. The summed E-state index contributed by atoms with van der Waals surface area (Å²) in [6, 6.07) is 6.74. The highest BCUT2D eigenvalue weighted by atomic mass is 19.4. The summed E-state index contributed by atoms with van der Waals surface area (Å²) >= 11 is 0. The van der Waals surface area contributed by atoms with E-state index in [9.17, 15) is 13.2 Å². The highest BCUT2D eigenvalue weighted by Gasteiger charge is 2.47. The Balaban J connectivity index is 1.57. The van der Waals surface area contributed by atoms with Crippen molar-refractivity contribution in [3.8, 4) is 5.75 Å². The number of hydrogen-bond donors (Lipinski definition) is 0. The van der Waals surface area contributed by atoms with Gasteiger partial charge >= 0.3 is 6.18 Å². The lowest BCUT2D eigenvalue weighted by molar-refractivity contribution is -0.140. The van der Waals surface area contributed by atoms with Gasteiger partial charge in [-0.2, -0.15) is 18.3 Å². The van der Waals surface area contributed by atoms with Gasteiger partial charge in [0.05, 0.1) is 0 Å². The molecule has 3 heterocycles. The van der Waals surface area contributed by atoms with E-state index >= 15 is 0 Å². The fourth-order valence-electron chi connectivity index (χ4n) is 3.27. The highest BCUT2D eigenvalue weighted by molar-refractivity contribution is 5.79. The molecule has 0 saturated carbocycles. The molecule has 0 amide bonds. The van der Waals surface area contributed by atoms with E-state index < -0.39 is 12.2 Å². The van der Waals surface area contributed by atoms with Gasteiger partial charge in [0, 0.05) is 30.9 Å². The SMILES string of the molecule is Cc1cc2cc(OCC3=CC=CN(c4ccn(C)n4)C3C(F)(F)F)ccc2o1. The number of allylic oxidation sites excluding steroid dienone is 2. The molecule has 28 heavy (non-hydrogen) atoms. The number of anilines is 1. The van der Waals surface area contributed by atoms with Gasteiger partial charge in [-0.05, 0) is 42.8 Å². The van der Waals surface area contributed by atoms with Gasteiger partial charge in [-0.1, -0.05) is 6.08 Å². The van der Waals surface area contributed by atoms with Crippen LogP contribution in [0.2, 0.25) is 0 Å². The summed E-state index contributed by atoms with van der Waals surface area (Å²) in [6.07, 6.45) is 1.51. The average Bonchev–Trinajstić information content (AvgIpc) is 3.22. The van der Waals surface area contributed by atoms with Crippen LogP contribution >= 0.6 is 0 Å². The molecule has 2 aromatic heterocycles. The van der Waals surface area contributed by atoms with Gasteiger partial charge in [0.2, 0.25) is 0 Å². The van der Waals surface area contributed by atoms with E-state index in [-0.39, 0.29) is 18.0 Å². The average molecular weight is 389 g/mol. The Kier molecular flexibility index (Phi) is 4.41. The van der Waals surface area contributed by atoms with Crippen molar-refractivity contribution in [3.05, 3.63) is 66.2 Å². The minimum absolute atomic E-state index is 0.101. The van der Waals surface area contributed by atoms with Crippen LogP contribution in [0.25, 0.3) is 11.0 Å². The molecule has 0 radical (unpaired) electrons. The number of fused-ring (bicyclic) bond motifs is 1. The Bertz CT molecular complexity index is 1060. The molecule has 0 N–H and O–H groups in total. The van der Waals surface area contributed by atoms with Crippen LogP contribution in [0, 0.1) is 6.92 Å². The molecule has 146 valence electrons. The van der Waals surface area contributed by atoms with Crippen molar-refractivity contribution >= 4 is 16.8 Å². The molecule has 1 aliphatic heterocycles. The third kappa shape index (κ3) is 3.49. The summed E-state index contributed by atoms with van der Waals surface area (Å²) in [5, 5.41) is 4.94. The summed E-state index contributed by atoms with van der Waals surface area (Å²) in [6.45, 7) is 1.64. The van der Waals surface area contributed by atoms with Crippen LogP contribution in [0.1, 0.15) is 5.76 Å². The third-order valence-electron chi connectivity index (χ3n) is 4.48. The zero-order chi connectivity index (χ0) is 19.9. The number of halogens is 3. The lowest BCUT2D eigenvalue weighted by atomic mass is 10.0. The van der Waals surface area contributed by atoms with E-state index in [0.29, 0.717) is 11.3 Å². The van der Waals surface area contributed by atoms with E-state index in [0.717, 1.165) is 16.0 Å². The van der Waals surface area contributed by atoms with Gasteiger partial charge in [-0.25, -0.2) is 0 Å². The molecule has 0 aliphatic carbocycles. The number of rotatable bonds is 4. The Morgan fingerprint density at radius 1 is 1.21 bits per heavy atom. The second-order valence-electron chi connectivity index (χ2n) is 6.63. The van der Waals surface area contributed by atoms with Crippen LogP contribution < -0.4 is 9.64 Å². The highest BCUT2D eigenvalue weighted by Crippen LogP contribution is 2.35. The van der Waals surface area contributed by atoms with Crippen molar-refractivity contribution in [1.29, 1.82) is 0 Å². The zero-order valence-corrected chi connectivity index (χ0v) is 15.3. The van der Waals surface area contributed by atoms with Gasteiger partial charge in [0.1, 0.15) is 23.7 Å². The summed E-state index contributed by atoms with van der Waals surface area (Å²) in [4.78, 5) is 1.11. The molecule has 0 spiro atoms. The van der Waals surface area contributed by atoms with Gasteiger partial charge in [-0.3, -0.25) is 4.68 Å². The molecule has 4 rings (SSSR count). The van der Waals surface area contributed by atoms with E-state index in [4.69, 9.17) is 9.15 Å². The second kappa shape index (κ2) is 6.78. The first-order valence-electron chi connectivity index (χ1n) is 8.66. The molecule has 0 fully saturated rings. The molecule has 0 saturated heterocycles. The molecule has 1 unspecified atom stereocenters. The Morgan fingerprint density at radius 3 is 2.75 bits per heavy atom. The maximum atomic E-state index is 13.9. The van der Waals surface area contributed by atoms with Crippen molar-refractivity contribution in [2.45, 2.75) is 19.1 Å². The number of hydrogen-bond acceptors (Lipinski definition) is 4. The summed E-state index contributed by atoms with van der Waals surface area (Å²) in [5.74, 6) is 1.46. The summed E-state index contributed by atoms with van der Waals surface area (Å²) in [5.41, 5.74) is 0.809. The molecule has 5 nitrogen and oxygen atoms in total. The molecule has 8 heteroatoms. The smallest absolute Gasteiger partial charge is 0.413 e. The number of alkyl halides is 3. The standard InChI is InChI=1S/C20H18F3N3O2/c1-13-10-15-11-16(5-6-17(15)28-13)27-12-14-4-3-8-26(19(14)20(21,22)23)18-7-9-25(2)24-18/h3-11,19H,12H2,1-2H3. The topological polar surface area (TPSA) is 43.4 Å². The maximum absolute atomic E-state index is 13.9. The van der Waals surface area contributed by atoms with Crippen molar-refractivity contribution in [1.82, 2.24) is 9.78 Å². The fraction of sp³-hybridized carbons (Fsp3) is 0.250. The van der Waals surface area contributed by atoms with Gasteiger partial charge in [0.15, 0.2) is 11.9 Å². The van der Waals surface area contributed by atoms with Crippen LogP contribution in [-0.2, 0) is 7.05 Å². The molecule has 3 aromatic rings. The van der Waals surface area contributed by atoms with Crippen molar-refractivity contribution in [2.24, 2.45) is 7.05 Å². The molecule has 1 aliphatic rings. The monoisotopic (exact) mass is 389 g/mol. The van der Waals surface area contributed by atoms with E-state index in [1.165, 1.54) is 17.0 Å². The number of ether oxygens (including phenoxy) is 1. The number of aromatic nitrogens is 2. The fourth-order valence-corrected chi connectivity index (χ4v) is 3.27. The van der Waals surface area contributed by atoms with Crippen molar-refractivity contribution < 1.29 is 22.3 Å². The lowest BCUT2D eigenvalue weighted by Gasteiger charge is -2.34. The molecule has 0 bridgehead atoms. The summed E-state index contributed by atoms with van der Waals surface area (Å²) in [7, 11) is 1.66. The molecule has 1 aromatic carbocycles.